The van der Waals surface area contributed by atoms with Gasteiger partial charge in [0.05, 0.1) is 12.0 Å². The van der Waals surface area contributed by atoms with Crippen LogP contribution >= 0.6 is 0 Å². The fourth-order valence-electron chi connectivity index (χ4n) is 2.30. The number of halogens is 1. The van der Waals surface area contributed by atoms with E-state index >= 15 is 0 Å². The lowest BCUT2D eigenvalue weighted by atomic mass is 10.2. The van der Waals surface area contributed by atoms with Gasteiger partial charge in [-0.3, -0.25) is 0 Å². The second-order valence-corrected chi connectivity index (χ2v) is 11.9. The van der Waals surface area contributed by atoms with E-state index in [-0.39, 0.29) is 24.0 Å². The smallest absolute Gasteiger partial charge is 0.254 e. The zero-order valence-corrected chi connectivity index (χ0v) is 16.0. The Morgan fingerprint density at radius 2 is 1.80 bits per heavy atom. The molecule has 0 aliphatic rings. The molecule has 2 aromatic rings. The van der Waals surface area contributed by atoms with E-state index in [0.717, 1.165) is 18.8 Å². The monoisotopic (exact) mass is 401 g/mol. The zero-order valence-electron chi connectivity index (χ0n) is 12.8. The molecule has 110 valence electrons. The summed E-state index contributed by atoms with van der Waals surface area (Å²) < 4.78 is 8.13. The summed E-state index contributed by atoms with van der Waals surface area (Å²) in [6.07, 6.45) is 3.22. The Hall–Kier alpha value is -0.623. The normalized spacial score (nSPS) is 11.2. The highest BCUT2D eigenvalue weighted by Crippen LogP contribution is 2.22. The van der Waals surface area contributed by atoms with Crippen molar-refractivity contribution in [1.82, 2.24) is 0 Å². The molecule has 4 heteroatoms. The van der Waals surface area contributed by atoms with Crippen molar-refractivity contribution in [2.75, 3.05) is 6.61 Å². The predicted octanol–water partition coefficient (Wildman–Crippen LogP) is 0.775. The van der Waals surface area contributed by atoms with Crippen LogP contribution in [0.15, 0.2) is 36.5 Å². The number of fused-ring (bicyclic) bond motifs is 1. The van der Waals surface area contributed by atoms with Crippen molar-refractivity contribution >= 4 is 19.0 Å². The number of rotatable bonds is 5. The van der Waals surface area contributed by atoms with Crippen LogP contribution in [0, 0.1) is 0 Å². The number of aromatic nitrogens is 1. The summed E-state index contributed by atoms with van der Waals surface area (Å²) in [7, 11) is 1.12. The second kappa shape index (κ2) is 7.40. The van der Waals surface area contributed by atoms with E-state index in [0.29, 0.717) is 0 Å². The standard InChI is InChI=1S/C16H24NOSi.HI/c1-17-11-6-9-14-8-5-10-15(16(14)17)18-12-7-13-19(2,3)4;/h5-6,8-11H,7,12-13H2,1-4H3;1H/q+1;/p-1. The summed E-state index contributed by atoms with van der Waals surface area (Å²) in [5.74, 6) is 0.996. The minimum absolute atomic E-state index is 0. The van der Waals surface area contributed by atoms with Crippen LogP contribution in [0.3, 0.4) is 0 Å². The molecule has 0 unspecified atom stereocenters. The number of para-hydroxylation sites is 1. The van der Waals surface area contributed by atoms with E-state index in [4.69, 9.17) is 4.74 Å². The first-order valence-electron chi connectivity index (χ1n) is 6.97. The molecule has 0 saturated heterocycles. The van der Waals surface area contributed by atoms with Gasteiger partial charge in [0.15, 0.2) is 11.9 Å². The SMILES string of the molecule is C[n+]1cccc2cccc(OCCC[Si](C)(C)C)c21.[I-]. The quantitative estimate of drug-likeness (QED) is 0.312. The van der Waals surface area contributed by atoms with Gasteiger partial charge in [0.2, 0.25) is 0 Å². The van der Waals surface area contributed by atoms with Gasteiger partial charge in [-0.25, -0.2) is 0 Å². The largest absolute Gasteiger partial charge is 1.00 e. The number of hydrogen-bond donors (Lipinski definition) is 0. The average molecular weight is 401 g/mol. The van der Waals surface area contributed by atoms with E-state index in [9.17, 15) is 0 Å². The van der Waals surface area contributed by atoms with Crippen molar-refractivity contribution < 1.29 is 33.3 Å². The van der Waals surface area contributed by atoms with Crippen LogP contribution in [0.25, 0.3) is 10.9 Å². The summed E-state index contributed by atoms with van der Waals surface area (Å²) in [5, 5.41) is 1.23. The lowest BCUT2D eigenvalue weighted by Gasteiger charge is -2.15. The highest BCUT2D eigenvalue weighted by atomic mass is 127. The van der Waals surface area contributed by atoms with Crippen LogP contribution in [0.2, 0.25) is 25.7 Å². The van der Waals surface area contributed by atoms with Crippen LogP contribution in [0.5, 0.6) is 5.75 Å². The molecular weight excluding hydrogens is 377 g/mol. The summed E-state index contributed by atoms with van der Waals surface area (Å²) in [6, 6.07) is 11.8. The maximum absolute atomic E-state index is 6.00. The fraction of sp³-hybridized carbons (Fsp3) is 0.438. The Morgan fingerprint density at radius 1 is 1.10 bits per heavy atom. The lowest BCUT2D eigenvalue weighted by Crippen LogP contribution is -3.00. The Morgan fingerprint density at radius 3 is 2.50 bits per heavy atom. The molecule has 20 heavy (non-hydrogen) atoms. The molecular formula is C16H24INOSi. The third-order valence-electron chi connectivity index (χ3n) is 3.30. The third kappa shape index (κ3) is 4.73. The molecule has 0 N–H and O–H groups in total. The van der Waals surface area contributed by atoms with Crippen molar-refractivity contribution in [2.24, 2.45) is 7.05 Å². The maximum Gasteiger partial charge on any atom is 0.254 e. The molecule has 1 aromatic heterocycles. The number of hydrogen-bond acceptors (Lipinski definition) is 1. The molecule has 0 radical (unpaired) electrons. The van der Waals surface area contributed by atoms with Gasteiger partial charge in [-0.15, -0.1) is 0 Å². The van der Waals surface area contributed by atoms with Crippen molar-refractivity contribution in [3.63, 3.8) is 0 Å². The number of aryl methyl sites for hydroxylation is 1. The zero-order chi connectivity index (χ0) is 13.9. The first-order chi connectivity index (χ1) is 8.97. The van der Waals surface area contributed by atoms with Crippen LogP contribution in [0.4, 0.5) is 0 Å². The van der Waals surface area contributed by atoms with E-state index in [2.05, 4.69) is 67.8 Å². The minimum Gasteiger partial charge on any atom is -1.00 e. The molecule has 2 rings (SSSR count). The van der Waals surface area contributed by atoms with Crippen molar-refractivity contribution in [2.45, 2.75) is 32.1 Å². The number of benzene rings is 1. The van der Waals surface area contributed by atoms with Gasteiger partial charge in [-0.1, -0.05) is 31.8 Å². The summed E-state index contributed by atoms with van der Waals surface area (Å²) in [5.41, 5.74) is 1.18. The Labute approximate surface area is 140 Å². The van der Waals surface area contributed by atoms with E-state index in [1.807, 2.05) is 0 Å². The Balaban J connectivity index is 0.00000200. The molecule has 0 fully saturated rings. The first-order valence-corrected chi connectivity index (χ1v) is 10.7. The van der Waals surface area contributed by atoms with Gasteiger partial charge in [0.25, 0.3) is 5.52 Å². The molecule has 0 aliphatic carbocycles. The van der Waals surface area contributed by atoms with Crippen LogP contribution in [-0.2, 0) is 7.05 Å². The number of ether oxygens (including phenoxy) is 1. The third-order valence-corrected chi connectivity index (χ3v) is 5.15. The topological polar surface area (TPSA) is 13.1 Å². The number of nitrogens with zero attached hydrogens (tertiary/aromatic N) is 1. The van der Waals surface area contributed by atoms with Crippen molar-refractivity contribution in [3.8, 4) is 5.75 Å². The molecule has 0 amide bonds. The van der Waals surface area contributed by atoms with Crippen LogP contribution in [0.1, 0.15) is 6.42 Å². The maximum atomic E-state index is 6.00. The van der Waals surface area contributed by atoms with Gasteiger partial charge >= 0.3 is 0 Å². The van der Waals surface area contributed by atoms with Gasteiger partial charge in [0.1, 0.15) is 7.05 Å². The van der Waals surface area contributed by atoms with E-state index < -0.39 is 8.07 Å². The highest BCUT2D eigenvalue weighted by molar-refractivity contribution is 6.76. The molecule has 1 heterocycles. The molecule has 0 bridgehead atoms. The molecule has 0 spiro atoms. The van der Waals surface area contributed by atoms with Gasteiger partial charge in [-0.05, 0) is 24.6 Å². The first kappa shape index (κ1) is 17.4. The van der Waals surface area contributed by atoms with E-state index in [1.54, 1.807) is 0 Å². The second-order valence-electron chi connectivity index (χ2n) is 6.33. The highest BCUT2D eigenvalue weighted by Gasteiger charge is 2.14. The van der Waals surface area contributed by atoms with Crippen LogP contribution in [-0.4, -0.2) is 14.7 Å². The lowest BCUT2D eigenvalue weighted by molar-refractivity contribution is -0.645. The van der Waals surface area contributed by atoms with Crippen molar-refractivity contribution in [3.05, 3.63) is 36.5 Å². The van der Waals surface area contributed by atoms with Crippen LogP contribution < -0.4 is 33.3 Å². The number of pyridine rings is 1. The molecule has 0 atom stereocenters. The summed E-state index contributed by atoms with van der Waals surface area (Å²) in [4.78, 5) is 0. The Bertz CT molecular complexity index is 561. The minimum atomic E-state index is -0.945. The van der Waals surface area contributed by atoms with Gasteiger partial charge in [0, 0.05) is 14.1 Å². The predicted molar refractivity (Wildman–Crippen MR) is 83.4 cm³/mol. The van der Waals surface area contributed by atoms with Gasteiger partial charge in [-0.2, -0.15) is 4.57 Å². The average Bonchev–Trinajstić information content (AvgIpc) is 2.34. The summed E-state index contributed by atoms with van der Waals surface area (Å²) in [6.45, 7) is 8.04. The molecule has 1 aromatic carbocycles. The molecule has 2 nitrogen and oxygen atoms in total. The molecule has 0 saturated carbocycles. The van der Waals surface area contributed by atoms with E-state index in [1.165, 1.54) is 16.9 Å². The Kier molecular flexibility index (Phi) is 6.45. The fourth-order valence-corrected chi connectivity index (χ4v) is 3.51. The van der Waals surface area contributed by atoms with Crippen molar-refractivity contribution in [1.29, 1.82) is 0 Å². The molecule has 0 aliphatic heterocycles. The summed E-state index contributed by atoms with van der Waals surface area (Å²) >= 11 is 0. The van der Waals surface area contributed by atoms with Gasteiger partial charge < -0.3 is 28.7 Å².